The highest BCUT2D eigenvalue weighted by Crippen LogP contribution is 2.43. The molecule has 2 aromatic rings. The molecule has 7 nitrogen and oxygen atoms in total. The van der Waals surface area contributed by atoms with E-state index in [1.165, 1.54) is 0 Å². The van der Waals surface area contributed by atoms with Gasteiger partial charge in [0.15, 0.2) is 0 Å². The molecule has 1 aliphatic carbocycles. The number of nitrogens with zero attached hydrogens (tertiary/aromatic N) is 1. The lowest BCUT2D eigenvalue weighted by atomic mass is 9.84. The number of ether oxygens (including phenoxy) is 1. The maximum atomic E-state index is 13.4. The number of carbonyl (C=O) groups is 2. The molecule has 2 saturated heterocycles. The number of likely N-dealkylation sites (tertiary alicyclic amines) is 1. The van der Waals surface area contributed by atoms with Crippen LogP contribution in [0.5, 0.6) is 0 Å². The summed E-state index contributed by atoms with van der Waals surface area (Å²) in [6.07, 6.45) is 6.34. The second kappa shape index (κ2) is 7.10. The van der Waals surface area contributed by atoms with Gasteiger partial charge in [0.25, 0.3) is 11.8 Å². The van der Waals surface area contributed by atoms with E-state index in [9.17, 15) is 9.59 Å². The van der Waals surface area contributed by atoms with Gasteiger partial charge >= 0.3 is 0 Å². The van der Waals surface area contributed by atoms with Crippen LogP contribution in [0.25, 0.3) is 0 Å². The van der Waals surface area contributed by atoms with Gasteiger partial charge in [-0.05, 0) is 51.2 Å². The molecule has 6 rings (SSSR count). The minimum atomic E-state index is -0.585. The number of anilines is 1. The van der Waals surface area contributed by atoms with E-state index >= 15 is 0 Å². The molecule has 2 N–H and O–H groups in total. The van der Waals surface area contributed by atoms with Crippen LogP contribution in [0, 0.1) is 6.92 Å². The fourth-order valence-electron chi connectivity index (χ4n) is 6.03. The molecule has 0 bridgehead atoms. The number of furan rings is 1. The van der Waals surface area contributed by atoms with Crippen molar-refractivity contribution in [2.75, 3.05) is 25.0 Å². The first-order valence-corrected chi connectivity index (χ1v) is 11.7. The molecule has 4 aliphatic rings. The topological polar surface area (TPSA) is 83.8 Å². The maximum absolute atomic E-state index is 13.4. The van der Waals surface area contributed by atoms with Crippen LogP contribution in [-0.4, -0.2) is 47.7 Å². The van der Waals surface area contributed by atoms with Gasteiger partial charge in [-0.3, -0.25) is 9.59 Å². The third kappa shape index (κ3) is 3.05. The third-order valence-corrected chi connectivity index (χ3v) is 7.67. The second-order valence-electron chi connectivity index (χ2n) is 9.79. The Morgan fingerprint density at radius 1 is 1.09 bits per heavy atom. The van der Waals surface area contributed by atoms with Crippen molar-refractivity contribution < 1.29 is 18.7 Å². The monoisotopic (exact) mass is 435 g/mol. The number of fused-ring (bicyclic) bond motifs is 2. The van der Waals surface area contributed by atoms with Crippen LogP contribution in [0.4, 0.5) is 5.69 Å². The third-order valence-electron chi connectivity index (χ3n) is 7.67. The molecule has 0 unspecified atom stereocenters. The molecule has 0 radical (unpaired) electrons. The van der Waals surface area contributed by atoms with Crippen LogP contribution in [0.3, 0.4) is 0 Å². The summed E-state index contributed by atoms with van der Waals surface area (Å²) in [5, 5.41) is 6.67. The van der Waals surface area contributed by atoms with Crippen LogP contribution in [0.2, 0.25) is 0 Å². The van der Waals surface area contributed by atoms with Gasteiger partial charge in [0.1, 0.15) is 17.2 Å². The van der Waals surface area contributed by atoms with Gasteiger partial charge < -0.3 is 24.7 Å². The predicted octanol–water partition coefficient (Wildman–Crippen LogP) is 3.41. The van der Waals surface area contributed by atoms with Crippen molar-refractivity contribution in [2.24, 2.45) is 0 Å². The zero-order valence-corrected chi connectivity index (χ0v) is 18.5. The quantitative estimate of drug-likeness (QED) is 0.717. The van der Waals surface area contributed by atoms with E-state index in [0.717, 1.165) is 66.9 Å². The molecule has 3 aliphatic heterocycles. The van der Waals surface area contributed by atoms with Crippen molar-refractivity contribution in [1.29, 1.82) is 0 Å². The number of nitrogens with one attached hydrogen (secondary N) is 2. The fraction of sp³-hybridized carbons (Fsp3) is 0.520. The van der Waals surface area contributed by atoms with Crippen molar-refractivity contribution in [3.05, 3.63) is 52.5 Å². The van der Waals surface area contributed by atoms with E-state index in [0.29, 0.717) is 31.7 Å². The number of amides is 2. The Morgan fingerprint density at radius 2 is 1.88 bits per heavy atom. The van der Waals surface area contributed by atoms with Gasteiger partial charge in [-0.15, -0.1) is 0 Å². The Kier molecular flexibility index (Phi) is 4.41. The number of piperidine rings is 1. The van der Waals surface area contributed by atoms with E-state index in [-0.39, 0.29) is 17.4 Å². The highest BCUT2D eigenvalue weighted by molar-refractivity contribution is 6.02. The molecule has 7 heteroatoms. The molecular weight excluding hydrogens is 406 g/mol. The normalized spacial score (nSPS) is 25.9. The summed E-state index contributed by atoms with van der Waals surface area (Å²) < 4.78 is 12.3. The van der Waals surface area contributed by atoms with Crippen molar-refractivity contribution in [3.8, 4) is 0 Å². The standard InChI is InChI=1S/C25H29N3O4/c1-16-21(18-7-3-5-9-20(18)32-16)23(30)28-12-10-24(11-13-28)14-25(15-31-24)26-19-8-4-2-6-17(19)22(29)27-25/h2,4,6,8,26H,3,5,7,9-15H2,1H3,(H,27,29)/t25-/m1/s1. The largest absolute Gasteiger partial charge is 0.465 e. The van der Waals surface area contributed by atoms with Crippen molar-refractivity contribution in [2.45, 2.75) is 63.1 Å². The first kappa shape index (κ1) is 19.9. The highest BCUT2D eigenvalue weighted by Gasteiger charge is 2.53. The molecule has 0 saturated carbocycles. The van der Waals surface area contributed by atoms with Crippen molar-refractivity contribution >= 4 is 17.5 Å². The molecule has 1 atom stereocenters. The smallest absolute Gasteiger partial charge is 0.257 e. The van der Waals surface area contributed by atoms with Crippen LogP contribution in [0.15, 0.2) is 28.7 Å². The number of carbonyl (C=O) groups excluding carboxylic acids is 2. The Bertz CT molecular complexity index is 1100. The summed E-state index contributed by atoms with van der Waals surface area (Å²) in [6, 6.07) is 7.58. The van der Waals surface area contributed by atoms with Crippen LogP contribution in [-0.2, 0) is 17.6 Å². The van der Waals surface area contributed by atoms with Gasteiger partial charge in [-0.2, -0.15) is 0 Å². The Morgan fingerprint density at radius 3 is 2.72 bits per heavy atom. The van der Waals surface area contributed by atoms with Crippen LogP contribution in [0.1, 0.15) is 69.9 Å². The summed E-state index contributed by atoms with van der Waals surface area (Å²) in [6.45, 7) is 3.64. The van der Waals surface area contributed by atoms with Gasteiger partial charge in [0, 0.05) is 37.2 Å². The number of para-hydroxylation sites is 1. The van der Waals surface area contributed by atoms with E-state index in [2.05, 4.69) is 10.6 Å². The highest BCUT2D eigenvalue weighted by atomic mass is 16.5. The zero-order valence-electron chi connectivity index (χ0n) is 18.5. The molecule has 168 valence electrons. The van der Waals surface area contributed by atoms with Crippen molar-refractivity contribution in [1.82, 2.24) is 10.2 Å². The van der Waals surface area contributed by atoms with E-state index in [4.69, 9.17) is 9.15 Å². The number of hydrogen-bond acceptors (Lipinski definition) is 5. The van der Waals surface area contributed by atoms with Crippen molar-refractivity contribution in [3.63, 3.8) is 0 Å². The molecule has 4 heterocycles. The fourth-order valence-corrected chi connectivity index (χ4v) is 6.03. The maximum Gasteiger partial charge on any atom is 0.257 e. The van der Waals surface area contributed by atoms with Crippen LogP contribution >= 0.6 is 0 Å². The Labute approximate surface area is 187 Å². The number of rotatable bonds is 1. The minimum absolute atomic E-state index is 0.0622. The molecule has 2 spiro atoms. The number of hydrogen-bond donors (Lipinski definition) is 2. The molecule has 1 aromatic carbocycles. The lowest BCUT2D eigenvalue weighted by Crippen LogP contribution is -2.59. The van der Waals surface area contributed by atoms with E-state index in [1.54, 1.807) is 0 Å². The summed E-state index contributed by atoms with van der Waals surface area (Å²) >= 11 is 0. The van der Waals surface area contributed by atoms with Gasteiger partial charge in [-0.25, -0.2) is 0 Å². The summed E-state index contributed by atoms with van der Waals surface area (Å²) in [5.74, 6) is 1.79. The van der Waals surface area contributed by atoms with E-state index in [1.807, 2.05) is 36.1 Å². The average molecular weight is 436 g/mol. The van der Waals surface area contributed by atoms with Gasteiger partial charge in [-0.1, -0.05) is 12.1 Å². The first-order chi connectivity index (χ1) is 15.5. The first-order valence-electron chi connectivity index (χ1n) is 11.7. The lowest BCUT2D eigenvalue weighted by molar-refractivity contribution is -0.0393. The Balaban J connectivity index is 1.16. The summed E-state index contributed by atoms with van der Waals surface area (Å²) in [7, 11) is 0. The lowest BCUT2D eigenvalue weighted by Gasteiger charge is -2.41. The van der Waals surface area contributed by atoms with Gasteiger partial charge in [0.2, 0.25) is 0 Å². The minimum Gasteiger partial charge on any atom is -0.465 e. The second-order valence-corrected chi connectivity index (χ2v) is 9.79. The zero-order chi connectivity index (χ0) is 21.9. The van der Waals surface area contributed by atoms with Crippen LogP contribution < -0.4 is 10.6 Å². The molecular formula is C25H29N3O4. The molecule has 2 fully saturated rings. The molecule has 1 aromatic heterocycles. The molecule has 32 heavy (non-hydrogen) atoms. The predicted molar refractivity (Wildman–Crippen MR) is 119 cm³/mol. The summed E-state index contributed by atoms with van der Waals surface area (Å²) in [5.41, 5.74) is 2.52. The van der Waals surface area contributed by atoms with E-state index < -0.39 is 5.66 Å². The molecule has 2 amide bonds. The number of benzene rings is 1. The number of aryl methyl sites for hydroxylation is 2. The average Bonchev–Trinajstić information content (AvgIpc) is 3.30. The Hall–Kier alpha value is -2.80. The summed E-state index contributed by atoms with van der Waals surface area (Å²) in [4.78, 5) is 28.0. The SMILES string of the molecule is Cc1oc2c(c1C(=O)N1CCC3(CC1)C[C@]1(CO3)NC(=O)c3ccccc3N1)CCCC2. The van der Waals surface area contributed by atoms with Gasteiger partial charge in [0.05, 0.1) is 23.3 Å².